The lowest BCUT2D eigenvalue weighted by atomic mass is 9.93. The van der Waals surface area contributed by atoms with Gasteiger partial charge in [0.05, 0.1) is 0 Å². The summed E-state index contributed by atoms with van der Waals surface area (Å²) in [6, 6.07) is 7.01. The van der Waals surface area contributed by atoms with Crippen molar-refractivity contribution < 1.29 is 4.79 Å². The third-order valence-electron chi connectivity index (χ3n) is 4.92. The van der Waals surface area contributed by atoms with Gasteiger partial charge in [-0.2, -0.15) is 0 Å². The zero-order chi connectivity index (χ0) is 14.8. The third kappa shape index (κ3) is 2.99. The monoisotopic (exact) mass is 287 g/mol. The van der Waals surface area contributed by atoms with Crippen molar-refractivity contribution in [2.45, 2.75) is 39.2 Å². The highest BCUT2D eigenvalue weighted by Crippen LogP contribution is 2.24. The molecule has 1 saturated heterocycles. The summed E-state index contributed by atoms with van der Waals surface area (Å²) in [6.45, 7) is 7.80. The van der Waals surface area contributed by atoms with Crippen LogP contribution in [0.3, 0.4) is 0 Å². The number of rotatable bonds is 2. The van der Waals surface area contributed by atoms with E-state index in [1.165, 1.54) is 23.2 Å². The van der Waals surface area contributed by atoms with Crippen LogP contribution in [0.4, 0.5) is 10.5 Å². The number of nitrogens with one attached hydrogen (secondary N) is 1. The van der Waals surface area contributed by atoms with Crippen LogP contribution >= 0.6 is 0 Å². The molecule has 0 atom stereocenters. The minimum atomic E-state index is 0.125. The van der Waals surface area contributed by atoms with Gasteiger partial charge in [-0.15, -0.1) is 0 Å². The van der Waals surface area contributed by atoms with Crippen molar-refractivity contribution in [3.05, 3.63) is 29.3 Å². The largest absolute Gasteiger partial charge is 0.368 e. The molecular formula is C17H25N3O. The molecule has 114 valence electrons. The van der Waals surface area contributed by atoms with Gasteiger partial charge in [-0.05, 0) is 50.3 Å². The minimum absolute atomic E-state index is 0.125. The van der Waals surface area contributed by atoms with Crippen molar-refractivity contribution in [2.75, 3.05) is 31.1 Å². The molecule has 2 amide bonds. The molecule has 2 aliphatic rings. The molecule has 0 aromatic heterocycles. The van der Waals surface area contributed by atoms with Gasteiger partial charge < -0.3 is 15.1 Å². The van der Waals surface area contributed by atoms with E-state index in [-0.39, 0.29) is 6.03 Å². The van der Waals surface area contributed by atoms with E-state index in [2.05, 4.69) is 42.3 Å². The molecule has 0 spiro atoms. The van der Waals surface area contributed by atoms with Gasteiger partial charge in [0.1, 0.15) is 0 Å². The van der Waals surface area contributed by atoms with Crippen LogP contribution in [0.15, 0.2) is 18.2 Å². The Morgan fingerprint density at radius 1 is 1.14 bits per heavy atom. The first-order valence-electron chi connectivity index (χ1n) is 8.02. The Morgan fingerprint density at radius 3 is 2.48 bits per heavy atom. The van der Waals surface area contributed by atoms with Crippen LogP contribution in [0.2, 0.25) is 0 Å². The summed E-state index contributed by atoms with van der Waals surface area (Å²) in [5.41, 5.74) is 4.00. The molecule has 4 heteroatoms. The lowest BCUT2D eigenvalue weighted by Crippen LogP contribution is -2.54. The summed E-state index contributed by atoms with van der Waals surface area (Å²) in [5.74, 6) is 0. The van der Waals surface area contributed by atoms with E-state index in [1.54, 1.807) is 0 Å². The van der Waals surface area contributed by atoms with Crippen LogP contribution in [-0.2, 0) is 0 Å². The second-order valence-corrected chi connectivity index (χ2v) is 6.27. The Hall–Kier alpha value is -1.71. The van der Waals surface area contributed by atoms with E-state index in [0.717, 1.165) is 39.0 Å². The Kier molecular flexibility index (Phi) is 4.04. The van der Waals surface area contributed by atoms with Crippen molar-refractivity contribution in [1.82, 2.24) is 10.2 Å². The number of hydrogen-bond donors (Lipinski definition) is 1. The molecule has 0 unspecified atom stereocenters. The van der Waals surface area contributed by atoms with E-state index in [4.69, 9.17) is 0 Å². The number of benzene rings is 1. The summed E-state index contributed by atoms with van der Waals surface area (Å²) in [4.78, 5) is 16.5. The highest BCUT2D eigenvalue weighted by atomic mass is 16.2. The maximum absolute atomic E-state index is 12.2. The molecule has 1 aromatic carbocycles. The maximum atomic E-state index is 12.2. The van der Waals surface area contributed by atoms with Crippen LogP contribution in [-0.4, -0.2) is 43.2 Å². The number of hydrogen-bond acceptors (Lipinski definition) is 2. The predicted molar refractivity (Wildman–Crippen MR) is 85.9 cm³/mol. The number of nitrogens with zero attached hydrogens (tertiary/aromatic N) is 2. The maximum Gasteiger partial charge on any atom is 0.317 e. The van der Waals surface area contributed by atoms with E-state index < -0.39 is 0 Å². The average Bonchev–Trinajstić information content (AvgIpc) is 2.46. The second-order valence-electron chi connectivity index (χ2n) is 6.27. The number of urea groups is 1. The lowest BCUT2D eigenvalue weighted by molar-refractivity contribution is 0.183. The highest BCUT2D eigenvalue weighted by molar-refractivity contribution is 5.75. The number of aryl methyl sites for hydroxylation is 1. The normalized spacial score (nSPS) is 19.3. The minimum Gasteiger partial charge on any atom is -0.368 e. The van der Waals surface area contributed by atoms with Crippen molar-refractivity contribution in [2.24, 2.45) is 0 Å². The molecule has 1 N–H and O–H groups in total. The van der Waals surface area contributed by atoms with E-state index in [1.807, 2.05) is 4.90 Å². The molecule has 2 fully saturated rings. The average molecular weight is 287 g/mol. The first kappa shape index (κ1) is 14.2. The molecular weight excluding hydrogens is 262 g/mol. The second kappa shape index (κ2) is 5.96. The first-order valence-corrected chi connectivity index (χ1v) is 8.02. The molecule has 1 saturated carbocycles. The van der Waals surface area contributed by atoms with Crippen LogP contribution < -0.4 is 10.2 Å². The molecule has 1 aliphatic carbocycles. The zero-order valence-electron chi connectivity index (χ0n) is 13.1. The summed E-state index contributed by atoms with van der Waals surface area (Å²) < 4.78 is 0. The molecule has 21 heavy (non-hydrogen) atoms. The molecule has 0 radical (unpaired) electrons. The molecule has 0 bridgehead atoms. The van der Waals surface area contributed by atoms with Gasteiger partial charge in [-0.25, -0.2) is 4.79 Å². The molecule has 4 nitrogen and oxygen atoms in total. The van der Waals surface area contributed by atoms with Gasteiger partial charge in [0.25, 0.3) is 0 Å². The topological polar surface area (TPSA) is 35.6 Å². The molecule has 3 rings (SSSR count). The van der Waals surface area contributed by atoms with Crippen molar-refractivity contribution in [3.8, 4) is 0 Å². The van der Waals surface area contributed by atoms with Crippen LogP contribution in [0.1, 0.15) is 30.4 Å². The molecule has 1 aromatic rings. The van der Waals surface area contributed by atoms with Crippen LogP contribution in [0.5, 0.6) is 0 Å². The van der Waals surface area contributed by atoms with E-state index >= 15 is 0 Å². The van der Waals surface area contributed by atoms with Gasteiger partial charge in [-0.1, -0.05) is 12.1 Å². The Morgan fingerprint density at radius 2 is 1.86 bits per heavy atom. The summed E-state index contributed by atoms with van der Waals surface area (Å²) in [6.07, 6.45) is 3.55. The van der Waals surface area contributed by atoms with Crippen molar-refractivity contribution in [3.63, 3.8) is 0 Å². The SMILES string of the molecule is Cc1cccc(N2CCN(C(=O)NC3CCC3)CC2)c1C. The Labute approximate surface area is 127 Å². The highest BCUT2D eigenvalue weighted by Gasteiger charge is 2.25. The zero-order valence-corrected chi connectivity index (χ0v) is 13.1. The van der Waals surface area contributed by atoms with Crippen molar-refractivity contribution in [1.29, 1.82) is 0 Å². The number of carbonyl (C=O) groups excluding carboxylic acids is 1. The standard InChI is InChI=1S/C17H25N3O/c1-13-5-3-8-16(14(13)2)19-9-11-20(12-10-19)17(21)18-15-6-4-7-15/h3,5,8,15H,4,6-7,9-12H2,1-2H3,(H,18,21). The molecule has 1 heterocycles. The summed E-state index contributed by atoms with van der Waals surface area (Å²) in [7, 11) is 0. The van der Waals surface area contributed by atoms with Crippen LogP contribution in [0, 0.1) is 13.8 Å². The van der Waals surface area contributed by atoms with Gasteiger partial charge in [0, 0.05) is 37.9 Å². The van der Waals surface area contributed by atoms with Crippen molar-refractivity contribution >= 4 is 11.7 Å². The first-order chi connectivity index (χ1) is 10.1. The number of piperazine rings is 1. The van der Waals surface area contributed by atoms with E-state index in [9.17, 15) is 4.79 Å². The Balaban J connectivity index is 1.57. The summed E-state index contributed by atoms with van der Waals surface area (Å²) >= 11 is 0. The van der Waals surface area contributed by atoms with Crippen LogP contribution in [0.25, 0.3) is 0 Å². The van der Waals surface area contributed by atoms with Gasteiger partial charge in [-0.3, -0.25) is 0 Å². The van der Waals surface area contributed by atoms with Gasteiger partial charge in [0.2, 0.25) is 0 Å². The smallest absolute Gasteiger partial charge is 0.317 e. The van der Waals surface area contributed by atoms with Gasteiger partial charge in [0.15, 0.2) is 0 Å². The summed E-state index contributed by atoms with van der Waals surface area (Å²) in [5, 5.41) is 3.13. The lowest BCUT2D eigenvalue weighted by Gasteiger charge is -2.38. The fraction of sp³-hybridized carbons (Fsp3) is 0.588. The van der Waals surface area contributed by atoms with E-state index in [0.29, 0.717) is 6.04 Å². The van der Waals surface area contributed by atoms with Gasteiger partial charge >= 0.3 is 6.03 Å². The predicted octanol–water partition coefficient (Wildman–Crippen LogP) is 2.69. The Bertz CT molecular complexity index is 517. The quantitative estimate of drug-likeness (QED) is 0.908. The third-order valence-corrected chi connectivity index (χ3v) is 4.92. The number of amides is 2. The molecule has 1 aliphatic heterocycles. The fourth-order valence-corrected chi connectivity index (χ4v) is 3.05. The fourth-order valence-electron chi connectivity index (χ4n) is 3.05. The number of carbonyl (C=O) groups is 1. The number of anilines is 1.